The van der Waals surface area contributed by atoms with Crippen LogP contribution in [0.15, 0.2) is 23.3 Å². The highest BCUT2D eigenvalue weighted by molar-refractivity contribution is 5.98. The lowest BCUT2D eigenvalue weighted by atomic mass is 9.98. The summed E-state index contributed by atoms with van der Waals surface area (Å²) in [6, 6.07) is 5.23. The van der Waals surface area contributed by atoms with Crippen LogP contribution in [0.25, 0.3) is 10.4 Å². The van der Waals surface area contributed by atoms with Crippen molar-refractivity contribution in [2.45, 2.75) is 19.8 Å². The van der Waals surface area contributed by atoms with Crippen molar-refractivity contribution in [3.8, 4) is 5.75 Å². The van der Waals surface area contributed by atoms with Crippen LogP contribution in [0.1, 0.15) is 35.7 Å². The number of rotatable bonds is 5. The van der Waals surface area contributed by atoms with Gasteiger partial charge in [0.1, 0.15) is 5.75 Å². The Labute approximate surface area is 100 Å². The van der Waals surface area contributed by atoms with Crippen LogP contribution in [0, 0.1) is 0 Å². The number of carbonyl (C=O) groups excluding carboxylic acids is 1. The van der Waals surface area contributed by atoms with E-state index in [-0.39, 0.29) is 18.2 Å². The molecule has 1 rings (SSSR count). The monoisotopic (exact) mass is 233 g/mol. The van der Waals surface area contributed by atoms with Crippen LogP contribution >= 0.6 is 0 Å². The molecule has 0 saturated heterocycles. The Morgan fingerprint density at radius 3 is 2.76 bits per heavy atom. The predicted molar refractivity (Wildman–Crippen MR) is 65.4 cm³/mol. The lowest BCUT2D eigenvalue weighted by Gasteiger charge is -2.12. The van der Waals surface area contributed by atoms with E-state index in [0.717, 1.165) is 11.3 Å². The molecule has 0 amide bonds. The highest BCUT2D eigenvalue weighted by Gasteiger charge is 2.11. The molecule has 17 heavy (non-hydrogen) atoms. The van der Waals surface area contributed by atoms with Crippen LogP contribution in [-0.2, 0) is 0 Å². The van der Waals surface area contributed by atoms with Gasteiger partial charge in [-0.15, -0.1) is 0 Å². The third kappa shape index (κ3) is 3.23. The third-order valence-corrected chi connectivity index (χ3v) is 2.45. The number of carbonyl (C=O) groups is 1. The predicted octanol–water partition coefficient (Wildman–Crippen LogP) is 3.31. The van der Waals surface area contributed by atoms with Gasteiger partial charge in [0.05, 0.1) is 13.7 Å². The Kier molecular flexibility index (Phi) is 4.55. The zero-order valence-corrected chi connectivity index (χ0v) is 10.2. The van der Waals surface area contributed by atoms with Gasteiger partial charge in [-0.25, -0.2) is 0 Å². The molecule has 1 aromatic rings. The Morgan fingerprint density at radius 1 is 1.53 bits per heavy atom. The molecule has 0 atom stereocenters. The van der Waals surface area contributed by atoms with Crippen molar-refractivity contribution >= 4 is 5.78 Å². The van der Waals surface area contributed by atoms with E-state index >= 15 is 0 Å². The number of ether oxygens (including phenoxy) is 1. The summed E-state index contributed by atoms with van der Waals surface area (Å²) in [5.41, 5.74) is 9.69. The molecule has 0 N–H and O–H groups in total. The first-order valence-corrected chi connectivity index (χ1v) is 5.32. The highest BCUT2D eigenvalue weighted by atomic mass is 16.5. The topological polar surface area (TPSA) is 75.1 Å². The number of benzene rings is 1. The van der Waals surface area contributed by atoms with Crippen molar-refractivity contribution < 1.29 is 9.53 Å². The Morgan fingerprint density at radius 2 is 2.24 bits per heavy atom. The minimum atomic E-state index is -0.188. The summed E-state index contributed by atoms with van der Waals surface area (Å²) in [6.07, 6.45) is 0. The van der Waals surface area contributed by atoms with Crippen molar-refractivity contribution in [2.24, 2.45) is 5.11 Å². The van der Waals surface area contributed by atoms with Crippen molar-refractivity contribution in [1.29, 1.82) is 0 Å². The lowest BCUT2D eigenvalue weighted by Crippen LogP contribution is -2.05. The third-order valence-electron chi connectivity index (χ3n) is 2.45. The number of hydrogen-bond donors (Lipinski definition) is 0. The molecule has 0 radical (unpaired) electrons. The van der Waals surface area contributed by atoms with Crippen LogP contribution < -0.4 is 4.74 Å². The average molecular weight is 233 g/mol. The second kappa shape index (κ2) is 5.92. The van der Waals surface area contributed by atoms with Gasteiger partial charge >= 0.3 is 0 Å². The van der Waals surface area contributed by atoms with Crippen molar-refractivity contribution in [3.63, 3.8) is 0 Å². The zero-order valence-electron chi connectivity index (χ0n) is 10.2. The average Bonchev–Trinajstić information content (AvgIpc) is 2.34. The SMILES string of the molecule is COc1ccc(C(=O)CN=[N+]=[N-])cc1C(C)C. The van der Waals surface area contributed by atoms with E-state index in [1.165, 1.54) is 0 Å². The van der Waals surface area contributed by atoms with Gasteiger partial charge < -0.3 is 4.74 Å². The van der Waals surface area contributed by atoms with Crippen LogP contribution in [0.2, 0.25) is 0 Å². The van der Waals surface area contributed by atoms with Gasteiger partial charge in [-0.1, -0.05) is 19.0 Å². The van der Waals surface area contributed by atoms with E-state index in [0.29, 0.717) is 5.56 Å². The molecule has 0 fully saturated rings. The standard InChI is InChI=1S/C12H15N3O2/c1-8(2)10-6-9(4-5-12(10)17-3)11(16)7-14-15-13/h4-6,8H,7H2,1-3H3. The number of nitrogens with zero attached hydrogens (tertiary/aromatic N) is 3. The molecule has 5 nitrogen and oxygen atoms in total. The van der Waals surface area contributed by atoms with Gasteiger partial charge in [0, 0.05) is 10.5 Å². The summed E-state index contributed by atoms with van der Waals surface area (Å²) in [4.78, 5) is 14.2. The van der Waals surface area contributed by atoms with E-state index in [4.69, 9.17) is 10.3 Å². The van der Waals surface area contributed by atoms with Gasteiger partial charge in [0.15, 0.2) is 5.78 Å². The van der Waals surface area contributed by atoms with E-state index in [9.17, 15) is 4.79 Å². The summed E-state index contributed by atoms with van der Waals surface area (Å²) in [6.45, 7) is 3.90. The quantitative estimate of drug-likeness (QED) is 0.338. The Bertz CT molecular complexity index is 463. The molecule has 0 unspecified atom stereocenters. The fourth-order valence-electron chi connectivity index (χ4n) is 1.55. The zero-order chi connectivity index (χ0) is 12.8. The van der Waals surface area contributed by atoms with Gasteiger partial charge in [-0.05, 0) is 35.2 Å². The number of Topliss-reactive ketones (excluding diaryl/α,β-unsaturated/α-hetero) is 1. The van der Waals surface area contributed by atoms with E-state index < -0.39 is 0 Å². The largest absolute Gasteiger partial charge is 0.496 e. The molecule has 0 aliphatic rings. The molecule has 1 aromatic carbocycles. The molecular formula is C12H15N3O2. The van der Waals surface area contributed by atoms with Crippen LogP contribution in [0.4, 0.5) is 0 Å². The first-order valence-electron chi connectivity index (χ1n) is 5.32. The number of methoxy groups -OCH3 is 1. The molecule has 5 heteroatoms. The van der Waals surface area contributed by atoms with Crippen molar-refractivity contribution in [3.05, 3.63) is 39.8 Å². The minimum Gasteiger partial charge on any atom is -0.496 e. The van der Waals surface area contributed by atoms with E-state index in [1.54, 1.807) is 25.3 Å². The smallest absolute Gasteiger partial charge is 0.168 e. The second-order valence-electron chi connectivity index (χ2n) is 3.92. The van der Waals surface area contributed by atoms with Gasteiger partial charge in [-0.2, -0.15) is 0 Å². The normalized spacial score (nSPS) is 9.88. The molecule has 0 heterocycles. The van der Waals surface area contributed by atoms with E-state index in [1.807, 2.05) is 13.8 Å². The maximum absolute atomic E-state index is 11.7. The summed E-state index contributed by atoms with van der Waals surface area (Å²) < 4.78 is 5.23. The number of ketones is 1. The summed E-state index contributed by atoms with van der Waals surface area (Å²) >= 11 is 0. The van der Waals surface area contributed by atoms with Gasteiger partial charge in [-0.3, -0.25) is 4.79 Å². The summed E-state index contributed by atoms with van der Waals surface area (Å²) in [5.74, 6) is 0.838. The molecule has 90 valence electrons. The summed E-state index contributed by atoms with van der Waals surface area (Å²) in [7, 11) is 1.60. The lowest BCUT2D eigenvalue weighted by molar-refractivity contribution is 0.100. The highest BCUT2D eigenvalue weighted by Crippen LogP contribution is 2.27. The van der Waals surface area contributed by atoms with Crippen LogP contribution in [-0.4, -0.2) is 19.4 Å². The minimum absolute atomic E-state index is 0.152. The maximum Gasteiger partial charge on any atom is 0.168 e. The fourth-order valence-corrected chi connectivity index (χ4v) is 1.55. The molecule has 0 spiro atoms. The first kappa shape index (κ1) is 13.1. The molecule has 0 aromatic heterocycles. The van der Waals surface area contributed by atoms with Crippen molar-refractivity contribution in [1.82, 2.24) is 0 Å². The molecule has 0 saturated carbocycles. The Hall–Kier alpha value is -2.00. The first-order chi connectivity index (χ1) is 8.10. The number of hydrogen-bond acceptors (Lipinski definition) is 3. The summed E-state index contributed by atoms with van der Waals surface area (Å²) in [5, 5.41) is 3.26. The molecule has 0 bridgehead atoms. The van der Waals surface area contributed by atoms with Crippen molar-refractivity contribution in [2.75, 3.05) is 13.7 Å². The van der Waals surface area contributed by atoms with Crippen LogP contribution in [0.3, 0.4) is 0 Å². The number of azide groups is 1. The van der Waals surface area contributed by atoms with Gasteiger partial charge in [0.25, 0.3) is 0 Å². The molecule has 0 aliphatic carbocycles. The fraction of sp³-hybridized carbons (Fsp3) is 0.417. The second-order valence-corrected chi connectivity index (χ2v) is 3.92. The maximum atomic E-state index is 11.7. The van der Waals surface area contributed by atoms with E-state index in [2.05, 4.69) is 10.0 Å². The molecule has 0 aliphatic heterocycles. The molecular weight excluding hydrogens is 218 g/mol. The Balaban J connectivity index is 3.07. The van der Waals surface area contributed by atoms with Gasteiger partial charge in [0.2, 0.25) is 0 Å². The van der Waals surface area contributed by atoms with Crippen LogP contribution in [0.5, 0.6) is 5.75 Å².